The fourth-order valence-corrected chi connectivity index (χ4v) is 2.37. The van der Waals surface area contributed by atoms with Crippen LogP contribution < -0.4 is 0 Å². The molecule has 112 valence electrons. The van der Waals surface area contributed by atoms with E-state index in [0.717, 1.165) is 29.7 Å². The number of benzene rings is 1. The van der Waals surface area contributed by atoms with E-state index in [1.807, 2.05) is 29.9 Å². The molecule has 0 spiro atoms. The molecule has 21 heavy (non-hydrogen) atoms. The van der Waals surface area contributed by atoms with Crippen molar-refractivity contribution in [1.82, 2.24) is 9.78 Å². The largest absolute Gasteiger partial charge is 0.478 e. The van der Waals surface area contributed by atoms with Crippen molar-refractivity contribution < 1.29 is 9.90 Å². The number of carboxylic acid groups (broad SMARTS) is 1. The van der Waals surface area contributed by atoms with Crippen molar-refractivity contribution in [3.05, 3.63) is 41.7 Å². The molecule has 1 aromatic carbocycles. The van der Waals surface area contributed by atoms with Gasteiger partial charge < -0.3 is 5.11 Å². The van der Waals surface area contributed by atoms with Gasteiger partial charge in [0.05, 0.1) is 11.8 Å². The number of nitrogens with zero attached hydrogens (tertiary/aromatic N) is 2. The van der Waals surface area contributed by atoms with Crippen LogP contribution in [0.3, 0.4) is 0 Å². The molecule has 0 unspecified atom stereocenters. The van der Waals surface area contributed by atoms with Crippen LogP contribution in [-0.4, -0.2) is 20.9 Å². The summed E-state index contributed by atoms with van der Waals surface area (Å²) in [5.41, 5.74) is 2.99. The fourth-order valence-electron chi connectivity index (χ4n) is 2.37. The molecule has 0 saturated carbocycles. The number of carboxylic acids is 1. The van der Waals surface area contributed by atoms with E-state index in [4.69, 9.17) is 0 Å². The third kappa shape index (κ3) is 3.94. The molecule has 0 saturated heterocycles. The Hall–Kier alpha value is -2.10. The second-order valence-electron chi connectivity index (χ2n) is 5.39. The third-order valence-corrected chi connectivity index (χ3v) is 3.68. The summed E-state index contributed by atoms with van der Waals surface area (Å²) >= 11 is 0. The first-order valence-electron chi connectivity index (χ1n) is 7.48. The van der Waals surface area contributed by atoms with Crippen LogP contribution in [0.4, 0.5) is 0 Å². The van der Waals surface area contributed by atoms with Gasteiger partial charge >= 0.3 is 5.97 Å². The molecule has 0 radical (unpaired) electrons. The summed E-state index contributed by atoms with van der Waals surface area (Å²) in [5.74, 6) is -0.888. The van der Waals surface area contributed by atoms with E-state index in [0.29, 0.717) is 5.56 Å². The van der Waals surface area contributed by atoms with Crippen LogP contribution in [-0.2, 0) is 6.54 Å². The van der Waals surface area contributed by atoms with Crippen LogP contribution in [0.25, 0.3) is 11.1 Å². The average Bonchev–Trinajstić information content (AvgIpc) is 2.92. The predicted octanol–water partition coefficient (Wildman–Crippen LogP) is 4.14. The zero-order valence-corrected chi connectivity index (χ0v) is 12.7. The van der Waals surface area contributed by atoms with Gasteiger partial charge in [0.25, 0.3) is 0 Å². The van der Waals surface area contributed by atoms with Gasteiger partial charge in [0.15, 0.2) is 0 Å². The lowest BCUT2D eigenvalue weighted by atomic mass is 10.0. The van der Waals surface area contributed by atoms with E-state index in [9.17, 15) is 9.90 Å². The maximum absolute atomic E-state index is 11.2. The minimum Gasteiger partial charge on any atom is -0.478 e. The third-order valence-electron chi connectivity index (χ3n) is 3.68. The van der Waals surface area contributed by atoms with Crippen molar-refractivity contribution in [2.75, 3.05) is 0 Å². The van der Waals surface area contributed by atoms with Gasteiger partial charge in [-0.05, 0) is 30.5 Å². The first kappa shape index (κ1) is 15.3. The average molecular weight is 286 g/mol. The first-order chi connectivity index (χ1) is 10.1. The Bertz CT molecular complexity index is 617. The summed E-state index contributed by atoms with van der Waals surface area (Å²) in [6.45, 7) is 4.92. The monoisotopic (exact) mass is 286 g/mol. The summed E-state index contributed by atoms with van der Waals surface area (Å²) in [6, 6.07) is 5.51. The van der Waals surface area contributed by atoms with Gasteiger partial charge in [-0.25, -0.2) is 4.79 Å². The molecule has 0 aliphatic carbocycles. The van der Waals surface area contributed by atoms with Crippen LogP contribution in [0, 0.1) is 6.92 Å². The Labute approximate surface area is 125 Å². The molecular weight excluding hydrogens is 264 g/mol. The Morgan fingerprint density at radius 1 is 1.24 bits per heavy atom. The van der Waals surface area contributed by atoms with Crippen LogP contribution in [0.5, 0.6) is 0 Å². The Balaban J connectivity index is 2.10. The summed E-state index contributed by atoms with van der Waals surface area (Å²) in [6.07, 6.45) is 8.63. The topological polar surface area (TPSA) is 55.1 Å². The summed E-state index contributed by atoms with van der Waals surface area (Å²) in [7, 11) is 0. The lowest BCUT2D eigenvalue weighted by molar-refractivity contribution is 0.0696. The van der Waals surface area contributed by atoms with E-state index in [1.54, 1.807) is 12.3 Å². The van der Waals surface area contributed by atoms with Crippen LogP contribution >= 0.6 is 0 Å². The molecule has 0 aliphatic rings. The summed E-state index contributed by atoms with van der Waals surface area (Å²) in [4.78, 5) is 11.2. The number of carbonyl (C=O) groups is 1. The highest BCUT2D eigenvalue weighted by molar-refractivity contribution is 5.91. The number of aromatic nitrogens is 2. The first-order valence-corrected chi connectivity index (χ1v) is 7.48. The van der Waals surface area contributed by atoms with Gasteiger partial charge in [0, 0.05) is 18.3 Å². The maximum Gasteiger partial charge on any atom is 0.335 e. The number of unbranched alkanes of at least 4 members (excludes halogenated alkanes) is 3. The van der Waals surface area contributed by atoms with Crippen molar-refractivity contribution in [2.45, 2.75) is 46.1 Å². The molecule has 2 aromatic rings. The number of aryl methyl sites for hydroxylation is 2. The summed E-state index contributed by atoms with van der Waals surface area (Å²) < 4.78 is 1.94. The van der Waals surface area contributed by atoms with E-state index < -0.39 is 5.97 Å². The molecule has 0 bridgehead atoms. The van der Waals surface area contributed by atoms with Gasteiger partial charge in [0.2, 0.25) is 0 Å². The van der Waals surface area contributed by atoms with Gasteiger partial charge in [-0.3, -0.25) is 4.68 Å². The zero-order valence-electron chi connectivity index (χ0n) is 12.7. The lowest BCUT2D eigenvalue weighted by Crippen LogP contribution is -1.99. The SMILES string of the molecule is CCCCCCn1cc(-c2ccc(C)c(C(=O)O)c2)cn1. The van der Waals surface area contributed by atoms with Crippen molar-refractivity contribution in [1.29, 1.82) is 0 Å². The molecular formula is C17H22N2O2. The van der Waals surface area contributed by atoms with E-state index in [1.165, 1.54) is 19.3 Å². The smallest absolute Gasteiger partial charge is 0.335 e. The van der Waals surface area contributed by atoms with Crippen LogP contribution in [0.2, 0.25) is 0 Å². The number of aromatic carboxylic acids is 1. The number of hydrogen-bond donors (Lipinski definition) is 1. The predicted molar refractivity (Wildman–Crippen MR) is 83.5 cm³/mol. The Morgan fingerprint density at radius 3 is 2.76 bits per heavy atom. The normalized spacial score (nSPS) is 10.8. The van der Waals surface area contributed by atoms with E-state index in [-0.39, 0.29) is 0 Å². The highest BCUT2D eigenvalue weighted by atomic mass is 16.4. The molecule has 1 aromatic heterocycles. The van der Waals surface area contributed by atoms with Crippen LogP contribution in [0.15, 0.2) is 30.6 Å². The summed E-state index contributed by atoms with van der Waals surface area (Å²) in [5, 5.41) is 13.5. The molecule has 0 amide bonds. The second-order valence-corrected chi connectivity index (χ2v) is 5.39. The van der Waals surface area contributed by atoms with Crippen molar-refractivity contribution in [3.8, 4) is 11.1 Å². The van der Waals surface area contributed by atoms with E-state index >= 15 is 0 Å². The van der Waals surface area contributed by atoms with Crippen molar-refractivity contribution in [2.24, 2.45) is 0 Å². The quantitative estimate of drug-likeness (QED) is 0.778. The van der Waals surface area contributed by atoms with Crippen molar-refractivity contribution >= 4 is 5.97 Å². The molecule has 2 rings (SSSR count). The highest BCUT2D eigenvalue weighted by Gasteiger charge is 2.10. The molecule has 0 aliphatic heterocycles. The molecule has 4 nitrogen and oxygen atoms in total. The molecule has 0 atom stereocenters. The Morgan fingerprint density at radius 2 is 2.05 bits per heavy atom. The van der Waals surface area contributed by atoms with Gasteiger partial charge in [-0.2, -0.15) is 5.10 Å². The molecule has 4 heteroatoms. The minimum atomic E-state index is -0.888. The standard InChI is InChI=1S/C17H22N2O2/c1-3-4-5-6-9-19-12-15(11-18-19)14-8-7-13(2)16(10-14)17(20)21/h7-8,10-12H,3-6,9H2,1-2H3,(H,20,21). The fraction of sp³-hybridized carbons (Fsp3) is 0.412. The minimum absolute atomic E-state index is 0.350. The molecule has 1 heterocycles. The van der Waals surface area contributed by atoms with Crippen molar-refractivity contribution in [3.63, 3.8) is 0 Å². The highest BCUT2D eigenvalue weighted by Crippen LogP contribution is 2.22. The zero-order chi connectivity index (χ0) is 15.2. The van der Waals surface area contributed by atoms with Gasteiger partial charge in [0.1, 0.15) is 0 Å². The second kappa shape index (κ2) is 7.07. The molecule has 1 N–H and O–H groups in total. The number of rotatable bonds is 7. The van der Waals surface area contributed by atoms with Crippen LogP contribution in [0.1, 0.15) is 48.5 Å². The van der Waals surface area contributed by atoms with Gasteiger partial charge in [-0.1, -0.05) is 38.3 Å². The lowest BCUT2D eigenvalue weighted by Gasteiger charge is -2.04. The molecule has 0 fully saturated rings. The van der Waals surface area contributed by atoms with Gasteiger partial charge in [-0.15, -0.1) is 0 Å². The Kier molecular flexibility index (Phi) is 5.14. The van der Waals surface area contributed by atoms with E-state index in [2.05, 4.69) is 12.0 Å². The maximum atomic E-state index is 11.2. The number of hydrogen-bond acceptors (Lipinski definition) is 2.